The molecule has 0 spiro atoms. The first-order valence-corrected chi connectivity index (χ1v) is 14.0. The Labute approximate surface area is 287 Å². The van der Waals surface area contributed by atoms with Gasteiger partial charge in [0.15, 0.2) is 0 Å². The van der Waals surface area contributed by atoms with Gasteiger partial charge in [0.1, 0.15) is 0 Å². The van der Waals surface area contributed by atoms with Gasteiger partial charge in [-0.2, -0.15) is 7.82 Å². The van der Waals surface area contributed by atoms with Crippen molar-refractivity contribution in [2.45, 2.75) is 96.9 Å². The van der Waals surface area contributed by atoms with Crippen LogP contribution in [0.1, 0.15) is 78.6 Å². The zero-order valence-electron chi connectivity index (χ0n) is 23.3. The number of carboxylic acids is 1. The Morgan fingerprint density at radius 2 is 1.54 bits per heavy atom. The van der Waals surface area contributed by atoms with E-state index in [0.717, 1.165) is 44.9 Å². The summed E-state index contributed by atoms with van der Waals surface area (Å²) in [5, 5.41) is 42.0. The Hall–Kier alpha value is 2.46. The molecule has 0 aliphatic heterocycles. The molecular weight excluding hydrogens is 532 g/mol. The minimum Gasteiger partial charge on any atom is -0.822 e. The number of phosphoric acid groups is 1. The Morgan fingerprint density at radius 3 is 2.08 bits per heavy atom. The van der Waals surface area contributed by atoms with Gasteiger partial charge < -0.3 is 39.7 Å². The van der Waals surface area contributed by atoms with Gasteiger partial charge >= 0.3 is 94.6 Å². The van der Waals surface area contributed by atoms with Crippen LogP contribution in [-0.4, -0.2) is 44.7 Å². The van der Waals surface area contributed by atoms with Crippen molar-refractivity contribution in [3.8, 4) is 0 Å². The van der Waals surface area contributed by atoms with E-state index in [0.29, 0.717) is 30.1 Å². The molecule has 4 fully saturated rings. The fourth-order valence-corrected chi connectivity index (χ4v) is 8.68. The molecule has 0 amide bonds. The first kappa shape index (κ1) is 39.5. The summed E-state index contributed by atoms with van der Waals surface area (Å²) in [7, 11) is -5.39. The van der Waals surface area contributed by atoms with Gasteiger partial charge in [0, 0.05) is 6.42 Å². The van der Waals surface area contributed by atoms with Gasteiger partial charge in [-0.15, -0.1) is 0 Å². The van der Waals surface area contributed by atoms with E-state index in [4.69, 9.17) is 24.4 Å². The third-order valence-electron chi connectivity index (χ3n) is 10.3. The van der Waals surface area contributed by atoms with Crippen molar-refractivity contribution in [3.05, 3.63) is 0 Å². The molecule has 3 unspecified atom stereocenters. The number of aliphatic hydroxyl groups is 3. The molecule has 4 aliphatic carbocycles. The third-order valence-corrected chi connectivity index (χ3v) is 10.3. The van der Waals surface area contributed by atoms with E-state index < -0.39 is 19.9 Å². The van der Waals surface area contributed by atoms with Crippen LogP contribution in [0.5, 0.6) is 0 Å². The zero-order valence-corrected chi connectivity index (χ0v) is 30.2. The predicted octanol–water partition coefficient (Wildman–Crippen LogP) is -8.36. The average Bonchev–Trinajstić information content (AvgIpc) is 3.05. The number of hydrogen-bond donors (Lipinski definition) is 4. The van der Waals surface area contributed by atoms with Gasteiger partial charge in [-0.05, 0) is 97.7 Å². The molecule has 4 saturated carbocycles. The third kappa shape index (κ3) is 8.75. The molecule has 9 nitrogen and oxygen atoms in total. The molecule has 4 N–H and O–H groups in total. The number of aliphatic hydroxyl groups excluding tert-OH is 3. The molecule has 0 aromatic heterocycles. The maximum atomic E-state index is 11.5. The van der Waals surface area contributed by atoms with E-state index in [-0.39, 0.29) is 130 Å². The van der Waals surface area contributed by atoms with Crippen molar-refractivity contribution in [3.63, 3.8) is 0 Å². The summed E-state index contributed by atoms with van der Waals surface area (Å²) in [6.45, 7) is 6.72. The maximum Gasteiger partial charge on any atom is 1.00 e. The first-order chi connectivity index (χ1) is 15.6. The molecule has 4 aliphatic rings. The largest absolute Gasteiger partial charge is 1.00 e. The second-order valence-corrected chi connectivity index (χ2v) is 12.8. The molecule has 0 bridgehead atoms. The second kappa shape index (κ2) is 15.3. The summed E-state index contributed by atoms with van der Waals surface area (Å²) < 4.78 is 8.55. The molecule has 0 radical (unpaired) electrons. The van der Waals surface area contributed by atoms with E-state index in [1.165, 1.54) is 0 Å². The van der Waals surface area contributed by atoms with Crippen molar-refractivity contribution >= 4 is 13.8 Å². The molecule has 4 rings (SSSR count). The predicted molar refractivity (Wildman–Crippen MR) is 118 cm³/mol. The minimum atomic E-state index is -5.39. The van der Waals surface area contributed by atoms with Crippen LogP contribution in [0.4, 0.5) is 0 Å². The summed E-state index contributed by atoms with van der Waals surface area (Å²) in [5.41, 5.74) is -0.143. The summed E-state index contributed by atoms with van der Waals surface area (Å²) in [5.74, 6) is 0.997. The summed E-state index contributed by atoms with van der Waals surface area (Å²) >= 11 is 0. The second-order valence-electron chi connectivity index (χ2n) is 11.9. The molecule has 0 saturated heterocycles. The van der Waals surface area contributed by atoms with E-state index in [1.807, 2.05) is 0 Å². The number of carbonyl (C=O) groups is 1. The average molecular weight is 573 g/mol. The topological polar surface area (TPSA) is 184 Å². The quantitative estimate of drug-likeness (QED) is 0.188. The van der Waals surface area contributed by atoms with Gasteiger partial charge in [0.25, 0.3) is 0 Å². The molecule has 0 aromatic carbocycles. The van der Waals surface area contributed by atoms with E-state index in [2.05, 4.69) is 20.8 Å². The van der Waals surface area contributed by atoms with Crippen molar-refractivity contribution in [2.75, 3.05) is 0 Å². The van der Waals surface area contributed by atoms with Crippen molar-refractivity contribution in [1.82, 2.24) is 0 Å². The molecular formula is C24H40Na3O9P. The Bertz CT molecular complexity index is 793. The van der Waals surface area contributed by atoms with Crippen LogP contribution >= 0.6 is 7.82 Å². The minimum absolute atomic E-state index is 0. The normalized spacial score (nSPS) is 43.1. The van der Waals surface area contributed by atoms with E-state index in [9.17, 15) is 20.1 Å². The van der Waals surface area contributed by atoms with Crippen molar-refractivity contribution in [2.24, 2.45) is 46.3 Å². The van der Waals surface area contributed by atoms with Crippen LogP contribution in [0.2, 0.25) is 0 Å². The monoisotopic (exact) mass is 572 g/mol. The van der Waals surface area contributed by atoms with Crippen LogP contribution in [0, 0.1) is 46.3 Å². The number of rotatable bonds is 4. The van der Waals surface area contributed by atoms with Gasteiger partial charge in [-0.3, -0.25) is 4.79 Å². The first-order valence-electron chi connectivity index (χ1n) is 12.6. The Morgan fingerprint density at radius 1 is 0.973 bits per heavy atom. The number of hydrogen-bond acceptors (Lipinski definition) is 8. The van der Waals surface area contributed by atoms with Crippen LogP contribution in [0.25, 0.3) is 0 Å². The fraction of sp³-hybridized carbons (Fsp3) is 0.958. The fourth-order valence-electron chi connectivity index (χ4n) is 8.68. The Kier molecular flexibility index (Phi) is 16.3. The van der Waals surface area contributed by atoms with Crippen LogP contribution < -0.4 is 103 Å². The van der Waals surface area contributed by atoms with Crippen LogP contribution in [0.3, 0.4) is 0 Å². The summed E-state index contributed by atoms with van der Waals surface area (Å²) in [6, 6.07) is 0. The number of fused-ring (bicyclic) bond motifs is 5. The van der Waals surface area contributed by atoms with Gasteiger partial charge in [-0.1, -0.05) is 20.8 Å². The molecule has 11 atom stereocenters. The standard InChI is InChI=1S/C24H40O5.3Na.H3O4P/c1-13(4-7-21(28)29)16-5-6-17-22-18(12-20(27)24(16,17)3)23(2)9-8-15(25)10-14(23)11-19(22)26;;;;1-5(2,3)4/h13-20,22,25-27H,4-12H2,1-3H3,(H,28,29);;;;(H3,1,2,3,4)/q;3*+1;/p-3/t13-,14+,15-,16-,17?,18?,19-,20+,22?,23+,24-;;;;/m1..../s1. The SMILES string of the molecule is C[C@H](CCC(=O)O)[C@H]1CCC2C3C(C[C@H](O)[C@@]21C)[C@@]1(C)CC[C@@H](O)C[C@H]1C[C@H]3O.O=P([O-])([O-])[O-].[Na+].[Na+].[Na+]. The molecule has 37 heavy (non-hydrogen) atoms. The maximum absolute atomic E-state index is 11.5. The van der Waals surface area contributed by atoms with Gasteiger partial charge in [0.05, 0.1) is 18.3 Å². The van der Waals surface area contributed by atoms with Crippen LogP contribution in [-0.2, 0) is 9.36 Å². The molecule has 198 valence electrons. The zero-order chi connectivity index (χ0) is 25.6. The van der Waals surface area contributed by atoms with E-state index in [1.54, 1.807) is 0 Å². The molecule has 13 heteroatoms. The van der Waals surface area contributed by atoms with Crippen molar-refractivity contribution in [1.29, 1.82) is 0 Å². The van der Waals surface area contributed by atoms with Crippen LogP contribution in [0.15, 0.2) is 0 Å². The van der Waals surface area contributed by atoms with Gasteiger partial charge in [0.2, 0.25) is 0 Å². The Balaban J connectivity index is 0.00000148. The van der Waals surface area contributed by atoms with Crippen molar-refractivity contribution < 1.29 is 133 Å². The van der Waals surface area contributed by atoms with Gasteiger partial charge in [-0.25, -0.2) is 0 Å². The summed E-state index contributed by atoms with van der Waals surface area (Å²) in [4.78, 5) is 36.7. The van der Waals surface area contributed by atoms with E-state index >= 15 is 0 Å². The number of aliphatic carboxylic acids is 1. The summed E-state index contributed by atoms with van der Waals surface area (Å²) in [6.07, 6.45) is 6.00. The molecule has 0 heterocycles. The number of carboxylic acid groups (broad SMARTS) is 1. The smallest absolute Gasteiger partial charge is 0.822 e. The molecule has 0 aromatic rings.